The minimum Gasteiger partial charge on any atom is -0.493 e. The van der Waals surface area contributed by atoms with E-state index in [1.54, 1.807) is 31.2 Å². The second-order valence-electron chi connectivity index (χ2n) is 6.01. The predicted molar refractivity (Wildman–Crippen MR) is 103 cm³/mol. The van der Waals surface area contributed by atoms with Crippen molar-refractivity contribution in [2.24, 2.45) is 0 Å². The molecule has 3 aromatic rings. The molecule has 0 atom stereocenters. The van der Waals surface area contributed by atoms with Gasteiger partial charge in [-0.15, -0.1) is 0 Å². The van der Waals surface area contributed by atoms with Crippen LogP contribution in [0.5, 0.6) is 17.2 Å². The number of halogens is 3. The number of ether oxygens (including phenoxy) is 2. The largest absolute Gasteiger partial charge is 0.493 e. The molecule has 8 heteroatoms. The minimum absolute atomic E-state index is 0.145. The first-order valence-corrected chi connectivity index (χ1v) is 8.92. The zero-order valence-corrected chi connectivity index (χ0v) is 15.8. The van der Waals surface area contributed by atoms with Crippen LogP contribution in [0.3, 0.4) is 0 Å². The van der Waals surface area contributed by atoms with Gasteiger partial charge in [0.05, 0.1) is 22.6 Å². The predicted octanol–water partition coefficient (Wildman–Crippen LogP) is 3.80. The van der Waals surface area contributed by atoms with Crippen LogP contribution in [0.4, 0.5) is 13.2 Å². The van der Waals surface area contributed by atoms with Crippen molar-refractivity contribution in [2.45, 2.75) is 13.1 Å². The van der Waals surface area contributed by atoms with Crippen molar-refractivity contribution in [3.63, 3.8) is 0 Å². The van der Waals surface area contributed by atoms with Gasteiger partial charge in [-0.1, -0.05) is 35.6 Å². The Morgan fingerprint density at radius 3 is 2.43 bits per heavy atom. The van der Waals surface area contributed by atoms with Crippen LogP contribution >= 0.6 is 11.3 Å². The summed E-state index contributed by atoms with van der Waals surface area (Å²) >= 11 is 1.01. The number of H-pyrrole nitrogens is 1. The zero-order chi connectivity index (χ0) is 20.5. The molecule has 0 aliphatic carbocycles. The van der Waals surface area contributed by atoms with Crippen LogP contribution in [0, 0.1) is 6.92 Å². The third-order valence-corrected chi connectivity index (χ3v) is 4.77. The first-order chi connectivity index (χ1) is 13.2. The zero-order valence-electron chi connectivity index (χ0n) is 15.0. The molecule has 0 spiro atoms. The Balaban J connectivity index is 2.01. The van der Waals surface area contributed by atoms with E-state index in [4.69, 9.17) is 9.47 Å². The van der Waals surface area contributed by atoms with Gasteiger partial charge in [0, 0.05) is 0 Å². The van der Waals surface area contributed by atoms with Crippen molar-refractivity contribution >= 4 is 24.0 Å². The van der Waals surface area contributed by atoms with Gasteiger partial charge in [0.2, 0.25) is 0 Å². The lowest BCUT2D eigenvalue weighted by atomic mass is 10.1. The van der Waals surface area contributed by atoms with Crippen LogP contribution in [-0.4, -0.2) is 12.1 Å². The summed E-state index contributed by atoms with van der Waals surface area (Å²) in [6, 6.07) is 8.65. The smallest absolute Gasteiger partial charge is 0.419 e. The SMILES string of the molecule is C=c1[nH]c(=O)s/c1=C\c1ccc(Oc2ccc(C)cc2C(F)(F)F)c(OC)c1. The highest BCUT2D eigenvalue weighted by atomic mass is 32.1. The number of methoxy groups -OCH3 is 1. The van der Waals surface area contributed by atoms with E-state index in [-0.39, 0.29) is 22.1 Å². The average molecular weight is 407 g/mol. The molecular formula is C20H16F3NO3S. The number of aromatic amines is 1. The van der Waals surface area contributed by atoms with E-state index in [2.05, 4.69) is 11.6 Å². The number of thiazole rings is 1. The van der Waals surface area contributed by atoms with Crippen LogP contribution < -0.4 is 24.2 Å². The highest BCUT2D eigenvalue weighted by molar-refractivity contribution is 7.07. The topological polar surface area (TPSA) is 51.3 Å². The molecule has 4 nitrogen and oxygen atoms in total. The maximum atomic E-state index is 13.3. The number of rotatable bonds is 4. The number of aryl methyl sites for hydroxylation is 1. The lowest BCUT2D eigenvalue weighted by Gasteiger charge is -2.16. The van der Waals surface area contributed by atoms with E-state index < -0.39 is 11.7 Å². The van der Waals surface area contributed by atoms with Gasteiger partial charge in [-0.2, -0.15) is 13.2 Å². The number of hydrogen-bond acceptors (Lipinski definition) is 4. The monoisotopic (exact) mass is 407 g/mol. The van der Waals surface area contributed by atoms with Crippen molar-refractivity contribution in [1.29, 1.82) is 0 Å². The van der Waals surface area contributed by atoms with Crippen LogP contribution in [0.1, 0.15) is 16.7 Å². The molecule has 0 radical (unpaired) electrons. The van der Waals surface area contributed by atoms with Crippen molar-refractivity contribution < 1.29 is 22.6 Å². The summed E-state index contributed by atoms with van der Waals surface area (Å²) in [6.07, 6.45) is -2.82. The molecule has 0 unspecified atom stereocenters. The second-order valence-corrected chi connectivity index (χ2v) is 7.03. The molecule has 1 aromatic heterocycles. The van der Waals surface area contributed by atoms with Crippen LogP contribution in [0.25, 0.3) is 12.7 Å². The van der Waals surface area contributed by atoms with Crippen LogP contribution in [0.15, 0.2) is 41.2 Å². The summed E-state index contributed by atoms with van der Waals surface area (Å²) in [5, 5.41) is 0.490. The number of alkyl halides is 3. The van der Waals surface area contributed by atoms with E-state index >= 15 is 0 Å². The highest BCUT2D eigenvalue weighted by Crippen LogP contribution is 2.40. The van der Waals surface area contributed by atoms with Crippen LogP contribution in [0.2, 0.25) is 0 Å². The molecule has 0 fully saturated rings. The summed E-state index contributed by atoms with van der Waals surface area (Å²) in [4.78, 5) is 13.7. The Morgan fingerprint density at radius 1 is 1.11 bits per heavy atom. The Morgan fingerprint density at radius 2 is 1.82 bits per heavy atom. The molecule has 2 aromatic carbocycles. The van der Waals surface area contributed by atoms with Crippen molar-refractivity contribution in [2.75, 3.05) is 7.11 Å². The number of benzene rings is 2. The second kappa shape index (κ2) is 7.55. The standard InChI is InChI=1S/C20H16F3NO3S/c1-11-4-6-15(14(8-11)20(21,22)23)27-16-7-5-13(9-17(16)26-3)10-18-12(2)24-19(25)28-18/h4-10H,2H2,1,3H3,(H,24,25)/b18-10-. The quantitative estimate of drug-likeness (QED) is 0.716. The highest BCUT2D eigenvalue weighted by Gasteiger charge is 2.34. The minimum atomic E-state index is -4.54. The Hall–Kier alpha value is -3.00. The summed E-state index contributed by atoms with van der Waals surface area (Å²) in [5.41, 5.74) is 0.305. The third kappa shape index (κ3) is 4.28. The Labute approximate surface area is 162 Å². The fourth-order valence-corrected chi connectivity index (χ4v) is 3.31. The van der Waals surface area contributed by atoms with E-state index in [1.165, 1.54) is 19.2 Å². The van der Waals surface area contributed by atoms with E-state index in [0.29, 0.717) is 21.0 Å². The Kier molecular flexibility index (Phi) is 5.33. The van der Waals surface area contributed by atoms with Gasteiger partial charge in [-0.3, -0.25) is 4.79 Å². The van der Waals surface area contributed by atoms with E-state index in [9.17, 15) is 18.0 Å². The molecule has 0 aliphatic heterocycles. The summed E-state index contributed by atoms with van der Waals surface area (Å²) in [6.45, 7) is 5.33. The van der Waals surface area contributed by atoms with Gasteiger partial charge in [-0.05, 0) is 42.8 Å². The van der Waals surface area contributed by atoms with Gasteiger partial charge < -0.3 is 14.5 Å². The van der Waals surface area contributed by atoms with Gasteiger partial charge in [0.15, 0.2) is 11.5 Å². The van der Waals surface area contributed by atoms with E-state index in [1.807, 2.05) is 0 Å². The third-order valence-electron chi connectivity index (χ3n) is 3.90. The molecule has 146 valence electrons. The van der Waals surface area contributed by atoms with Crippen LogP contribution in [-0.2, 0) is 6.18 Å². The number of aromatic nitrogens is 1. The van der Waals surface area contributed by atoms with Crippen molar-refractivity contribution in [3.05, 3.63) is 72.6 Å². The molecular weight excluding hydrogens is 391 g/mol. The van der Waals surface area contributed by atoms with Gasteiger partial charge in [0.1, 0.15) is 5.75 Å². The number of nitrogens with one attached hydrogen (secondary N) is 1. The molecule has 1 N–H and O–H groups in total. The molecule has 1 heterocycles. The average Bonchev–Trinajstić information content (AvgIpc) is 2.93. The maximum absolute atomic E-state index is 13.3. The lowest BCUT2D eigenvalue weighted by Crippen LogP contribution is -2.19. The van der Waals surface area contributed by atoms with Gasteiger partial charge in [0.25, 0.3) is 0 Å². The number of hydrogen-bond donors (Lipinski definition) is 1. The van der Waals surface area contributed by atoms with Gasteiger partial charge >= 0.3 is 11.0 Å². The lowest BCUT2D eigenvalue weighted by molar-refractivity contribution is -0.138. The van der Waals surface area contributed by atoms with Gasteiger partial charge in [-0.25, -0.2) is 0 Å². The van der Waals surface area contributed by atoms with Crippen molar-refractivity contribution in [1.82, 2.24) is 4.98 Å². The molecule has 0 amide bonds. The molecule has 28 heavy (non-hydrogen) atoms. The molecule has 0 aliphatic rings. The molecule has 0 bridgehead atoms. The molecule has 3 rings (SSSR count). The van der Waals surface area contributed by atoms with E-state index in [0.717, 1.165) is 17.4 Å². The first-order valence-electron chi connectivity index (χ1n) is 8.11. The molecule has 0 saturated carbocycles. The Bertz CT molecular complexity index is 1180. The maximum Gasteiger partial charge on any atom is 0.419 e. The van der Waals surface area contributed by atoms with Crippen molar-refractivity contribution in [3.8, 4) is 17.2 Å². The summed E-state index contributed by atoms with van der Waals surface area (Å²) in [7, 11) is 1.40. The first kappa shape index (κ1) is 19.8. The summed E-state index contributed by atoms with van der Waals surface area (Å²) < 4.78 is 51.4. The fourth-order valence-electron chi connectivity index (χ4n) is 2.57. The fraction of sp³-hybridized carbons (Fsp3) is 0.150. The summed E-state index contributed by atoms with van der Waals surface area (Å²) in [5.74, 6) is 0.0964. The normalized spacial score (nSPS) is 12.2. The molecule has 0 saturated heterocycles.